The van der Waals surface area contributed by atoms with E-state index in [1.165, 1.54) is 6.07 Å². The fourth-order valence-electron chi connectivity index (χ4n) is 1.80. The summed E-state index contributed by atoms with van der Waals surface area (Å²) in [4.78, 5) is 0.100. The lowest BCUT2D eigenvalue weighted by atomic mass is 10.2. The minimum absolute atomic E-state index is 0.0756. The van der Waals surface area contributed by atoms with Crippen molar-refractivity contribution in [2.24, 2.45) is 16.8 Å². The Morgan fingerprint density at radius 3 is 2.65 bits per heavy atom. The summed E-state index contributed by atoms with van der Waals surface area (Å²) in [6.45, 7) is 0. The van der Waals surface area contributed by atoms with Gasteiger partial charge in [0, 0.05) is 8.95 Å². The minimum Gasteiger partial charge on any atom is -0.409 e. The lowest BCUT2D eigenvalue weighted by molar-refractivity contribution is 0.314. The number of nitrogens with one attached hydrogen (secondary N) is 1. The molecule has 0 saturated heterocycles. The highest BCUT2D eigenvalue weighted by molar-refractivity contribution is 9.11. The molecule has 9 heteroatoms. The summed E-state index contributed by atoms with van der Waals surface area (Å²) in [6, 6.07) is 4.16. The van der Waals surface area contributed by atoms with Crippen LogP contribution in [0.15, 0.2) is 37.2 Å². The van der Waals surface area contributed by atoms with Gasteiger partial charge in [0.2, 0.25) is 10.0 Å². The van der Waals surface area contributed by atoms with E-state index in [1.807, 2.05) is 0 Å². The lowest BCUT2D eigenvalue weighted by Crippen LogP contribution is -2.46. The Labute approximate surface area is 133 Å². The zero-order valence-electron chi connectivity index (χ0n) is 10.3. The molecule has 1 aliphatic rings. The summed E-state index contributed by atoms with van der Waals surface area (Å²) >= 11 is 6.45. The van der Waals surface area contributed by atoms with Gasteiger partial charge in [-0.15, -0.1) is 0 Å². The maximum Gasteiger partial charge on any atom is 0.242 e. The van der Waals surface area contributed by atoms with E-state index in [-0.39, 0.29) is 16.6 Å². The summed E-state index contributed by atoms with van der Waals surface area (Å²) in [6.07, 6.45) is 1.70. The van der Waals surface area contributed by atoms with Gasteiger partial charge in [0.05, 0.1) is 10.9 Å². The van der Waals surface area contributed by atoms with Gasteiger partial charge in [-0.25, -0.2) is 13.1 Å². The molecule has 0 amide bonds. The van der Waals surface area contributed by atoms with E-state index in [0.717, 1.165) is 12.8 Å². The molecule has 1 aliphatic carbocycles. The predicted molar refractivity (Wildman–Crippen MR) is 82.1 cm³/mol. The van der Waals surface area contributed by atoms with E-state index in [2.05, 4.69) is 41.7 Å². The standard InChI is InChI=1S/C11H13Br2N3O3S/c12-7-3-4-8(13)9(5-7)20(18,19)16-10(6-1-2-6)11(14)15-17/h3-6,10,16-17H,1-2H2,(H2,14,15). The summed E-state index contributed by atoms with van der Waals surface area (Å²) in [7, 11) is -3.77. The second-order valence-electron chi connectivity index (χ2n) is 4.54. The molecule has 0 bridgehead atoms. The highest BCUT2D eigenvalue weighted by Gasteiger charge is 2.37. The Hall–Kier alpha value is -0.640. The molecule has 0 heterocycles. The maximum atomic E-state index is 12.4. The molecule has 1 atom stereocenters. The van der Waals surface area contributed by atoms with Gasteiger partial charge >= 0.3 is 0 Å². The van der Waals surface area contributed by atoms with Crippen LogP contribution in [0.2, 0.25) is 0 Å². The van der Waals surface area contributed by atoms with Crippen molar-refractivity contribution < 1.29 is 13.6 Å². The molecule has 1 unspecified atom stereocenters. The third-order valence-corrected chi connectivity index (χ3v) is 5.92. The minimum atomic E-state index is -3.77. The van der Waals surface area contributed by atoms with Gasteiger partial charge in [-0.2, -0.15) is 0 Å². The van der Waals surface area contributed by atoms with Crippen LogP contribution in [0.25, 0.3) is 0 Å². The van der Waals surface area contributed by atoms with E-state index in [1.54, 1.807) is 12.1 Å². The van der Waals surface area contributed by atoms with Crippen LogP contribution in [0, 0.1) is 5.92 Å². The number of halogens is 2. The highest BCUT2D eigenvalue weighted by atomic mass is 79.9. The fraction of sp³-hybridized carbons (Fsp3) is 0.364. The molecule has 0 aromatic heterocycles. The first-order valence-corrected chi connectivity index (χ1v) is 8.87. The molecule has 1 saturated carbocycles. The van der Waals surface area contributed by atoms with Gasteiger partial charge in [-0.3, -0.25) is 0 Å². The van der Waals surface area contributed by atoms with E-state index in [9.17, 15) is 8.42 Å². The van der Waals surface area contributed by atoms with Gasteiger partial charge < -0.3 is 10.9 Å². The van der Waals surface area contributed by atoms with Crippen LogP contribution in [0.4, 0.5) is 0 Å². The molecule has 2 rings (SSSR count). The van der Waals surface area contributed by atoms with Crippen LogP contribution < -0.4 is 10.5 Å². The first kappa shape index (κ1) is 15.7. The number of oxime groups is 1. The molecule has 0 aliphatic heterocycles. The zero-order chi connectivity index (χ0) is 14.9. The maximum absolute atomic E-state index is 12.4. The molecule has 110 valence electrons. The molecule has 4 N–H and O–H groups in total. The van der Waals surface area contributed by atoms with Gasteiger partial charge in [-0.05, 0) is 52.9 Å². The Balaban J connectivity index is 2.32. The second kappa shape index (κ2) is 6.00. The van der Waals surface area contributed by atoms with E-state index in [0.29, 0.717) is 8.95 Å². The van der Waals surface area contributed by atoms with Crippen molar-refractivity contribution in [3.05, 3.63) is 27.1 Å². The Kier molecular flexibility index (Phi) is 4.73. The van der Waals surface area contributed by atoms with E-state index >= 15 is 0 Å². The normalized spacial score (nSPS) is 18.0. The third kappa shape index (κ3) is 3.51. The predicted octanol–water partition coefficient (Wildman–Crippen LogP) is 2.01. The molecular formula is C11H13Br2N3O3S. The Bertz CT molecular complexity index is 644. The van der Waals surface area contributed by atoms with Crippen molar-refractivity contribution in [3.63, 3.8) is 0 Å². The van der Waals surface area contributed by atoms with Crippen LogP contribution in [0.1, 0.15) is 12.8 Å². The summed E-state index contributed by atoms with van der Waals surface area (Å²) in [5.74, 6) is -0.0474. The molecular weight excluding hydrogens is 414 g/mol. The number of nitrogens with two attached hydrogens (primary N) is 1. The monoisotopic (exact) mass is 425 g/mol. The molecule has 20 heavy (non-hydrogen) atoms. The van der Waals surface area contributed by atoms with Crippen molar-refractivity contribution >= 4 is 47.7 Å². The first-order chi connectivity index (χ1) is 9.35. The Morgan fingerprint density at radius 2 is 2.10 bits per heavy atom. The van der Waals surface area contributed by atoms with Crippen LogP contribution >= 0.6 is 31.9 Å². The van der Waals surface area contributed by atoms with Gasteiger partial charge in [0.1, 0.15) is 0 Å². The summed E-state index contributed by atoms with van der Waals surface area (Å²) < 4.78 is 28.4. The van der Waals surface area contributed by atoms with Crippen LogP contribution in [-0.2, 0) is 10.0 Å². The van der Waals surface area contributed by atoms with Crippen molar-refractivity contribution in [2.75, 3.05) is 0 Å². The topological polar surface area (TPSA) is 105 Å². The number of sulfonamides is 1. The van der Waals surface area contributed by atoms with E-state index < -0.39 is 16.1 Å². The van der Waals surface area contributed by atoms with Gasteiger partial charge in [0.15, 0.2) is 5.84 Å². The quantitative estimate of drug-likeness (QED) is 0.290. The van der Waals surface area contributed by atoms with Crippen molar-refractivity contribution in [2.45, 2.75) is 23.8 Å². The average Bonchev–Trinajstić information content (AvgIpc) is 3.22. The van der Waals surface area contributed by atoms with Crippen molar-refractivity contribution in [1.82, 2.24) is 4.72 Å². The smallest absolute Gasteiger partial charge is 0.242 e. The van der Waals surface area contributed by atoms with Crippen LogP contribution in [-0.4, -0.2) is 25.5 Å². The van der Waals surface area contributed by atoms with Gasteiger partial charge in [0.25, 0.3) is 0 Å². The third-order valence-electron chi connectivity index (χ3n) is 2.99. The van der Waals surface area contributed by atoms with Crippen molar-refractivity contribution in [3.8, 4) is 0 Å². The van der Waals surface area contributed by atoms with Crippen LogP contribution in [0.3, 0.4) is 0 Å². The summed E-state index contributed by atoms with van der Waals surface area (Å²) in [5, 5.41) is 11.7. The number of rotatable bonds is 5. The highest BCUT2D eigenvalue weighted by Crippen LogP contribution is 2.34. The molecule has 0 spiro atoms. The number of benzene rings is 1. The number of hydrogen-bond acceptors (Lipinski definition) is 4. The fourth-order valence-corrected chi connectivity index (χ4v) is 4.58. The Morgan fingerprint density at radius 1 is 1.45 bits per heavy atom. The number of nitrogens with zero attached hydrogens (tertiary/aromatic N) is 1. The molecule has 1 aromatic rings. The average molecular weight is 427 g/mol. The number of amidine groups is 1. The van der Waals surface area contributed by atoms with Crippen LogP contribution in [0.5, 0.6) is 0 Å². The second-order valence-corrected chi connectivity index (χ2v) is 7.99. The number of hydrogen-bond donors (Lipinski definition) is 3. The molecule has 1 aromatic carbocycles. The van der Waals surface area contributed by atoms with Crippen molar-refractivity contribution in [1.29, 1.82) is 0 Å². The van der Waals surface area contributed by atoms with Gasteiger partial charge in [-0.1, -0.05) is 21.1 Å². The molecule has 1 fully saturated rings. The molecule has 6 nitrogen and oxygen atoms in total. The zero-order valence-corrected chi connectivity index (χ0v) is 14.2. The lowest BCUT2D eigenvalue weighted by Gasteiger charge is -2.17. The van der Waals surface area contributed by atoms with E-state index in [4.69, 9.17) is 10.9 Å². The SMILES string of the molecule is NC(=NO)C(NS(=O)(=O)c1cc(Br)ccc1Br)C1CC1. The first-order valence-electron chi connectivity index (χ1n) is 5.80. The largest absolute Gasteiger partial charge is 0.409 e. The molecule has 0 radical (unpaired) electrons. The summed E-state index contributed by atoms with van der Waals surface area (Å²) in [5.41, 5.74) is 5.56.